The molecule has 88 valence electrons. The second kappa shape index (κ2) is 5.01. The summed E-state index contributed by atoms with van der Waals surface area (Å²) in [4.78, 5) is 11.9. The number of hydrogen-bond donors (Lipinski definition) is 1. The zero-order chi connectivity index (χ0) is 12.3. The van der Waals surface area contributed by atoms with Crippen molar-refractivity contribution in [1.29, 1.82) is 0 Å². The minimum absolute atomic E-state index is 0.0895. The third kappa shape index (κ3) is 2.75. The second-order valence-corrected chi connectivity index (χ2v) is 4.37. The highest BCUT2D eigenvalue weighted by Crippen LogP contribution is 2.18. The number of carbonyl (C=O) groups excluding carboxylic acids is 1. The Morgan fingerprint density at radius 1 is 1.31 bits per heavy atom. The average molecular weight is 221 g/mol. The number of hydrogen-bond acceptors (Lipinski definition) is 3. The first-order valence-electron chi connectivity index (χ1n) is 5.49. The Hall–Kier alpha value is -1.51. The number of nitrogens with two attached hydrogens (primary N) is 1. The van der Waals surface area contributed by atoms with E-state index in [2.05, 4.69) is 0 Å². The van der Waals surface area contributed by atoms with Crippen molar-refractivity contribution in [3.63, 3.8) is 0 Å². The molecule has 1 aromatic carbocycles. The lowest BCUT2D eigenvalue weighted by atomic mass is 10.1. The number of nitrogen functional groups attached to an aromatic ring is 1. The highest BCUT2D eigenvalue weighted by Gasteiger charge is 2.16. The molecular formula is C13H19NO2. The molecule has 1 atom stereocenters. The van der Waals surface area contributed by atoms with Gasteiger partial charge >= 0.3 is 5.97 Å². The molecule has 0 spiro atoms. The van der Waals surface area contributed by atoms with E-state index in [4.69, 9.17) is 10.5 Å². The number of carbonyl (C=O) groups is 1. The topological polar surface area (TPSA) is 52.3 Å². The number of esters is 1. The van der Waals surface area contributed by atoms with E-state index in [-0.39, 0.29) is 12.1 Å². The molecule has 16 heavy (non-hydrogen) atoms. The molecule has 0 aromatic heterocycles. The van der Waals surface area contributed by atoms with E-state index in [0.717, 1.165) is 5.56 Å². The molecular weight excluding hydrogens is 202 g/mol. The van der Waals surface area contributed by atoms with Crippen molar-refractivity contribution >= 4 is 11.7 Å². The zero-order valence-electron chi connectivity index (χ0n) is 10.3. The summed E-state index contributed by atoms with van der Waals surface area (Å²) in [6.45, 7) is 7.75. The third-order valence-electron chi connectivity index (χ3n) is 2.83. The van der Waals surface area contributed by atoms with Gasteiger partial charge in [0.2, 0.25) is 0 Å². The summed E-state index contributed by atoms with van der Waals surface area (Å²) in [5.41, 5.74) is 7.69. The van der Waals surface area contributed by atoms with Crippen molar-refractivity contribution in [3.05, 3.63) is 29.3 Å². The van der Waals surface area contributed by atoms with E-state index in [1.54, 1.807) is 18.2 Å². The fourth-order valence-electron chi connectivity index (χ4n) is 1.24. The van der Waals surface area contributed by atoms with E-state index in [1.807, 2.05) is 27.7 Å². The molecule has 3 heteroatoms. The summed E-state index contributed by atoms with van der Waals surface area (Å²) in [5, 5.41) is 0. The van der Waals surface area contributed by atoms with E-state index in [9.17, 15) is 4.79 Å². The van der Waals surface area contributed by atoms with Crippen molar-refractivity contribution < 1.29 is 9.53 Å². The number of benzene rings is 1. The Kier molecular flexibility index (Phi) is 3.93. The van der Waals surface area contributed by atoms with Crippen LogP contribution in [0.5, 0.6) is 0 Å². The lowest BCUT2D eigenvalue weighted by Crippen LogP contribution is -2.21. The summed E-state index contributed by atoms with van der Waals surface area (Å²) in [7, 11) is 0. The Labute approximate surface area is 96.6 Å². The van der Waals surface area contributed by atoms with E-state index in [1.165, 1.54) is 0 Å². The molecule has 0 fully saturated rings. The van der Waals surface area contributed by atoms with Crippen LogP contribution in [-0.2, 0) is 4.74 Å². The van der Waals surface area contributed by atoms with Gasteiger partial charge < -0.3 is 10.5 Å². The summed E-state index contributed by atoms with van der Waals surface area (Å²) < 4.78 is 5.34. The summed E-state index contributed by atoms with van der Waals surface area (Å²) >= 11 is 0. The van der Waals surface area contributed by atoms with Crippen molar-refractivity contribution in [1.82, 2.24) is 0 Å². The fourth-order valence-corrected chi connectivity index (χ4v) is 1.24. The summed E-state index contributed by atoms with van der Waals surface area (Å²) in [6.07, 6.45) is -0.0895. The molecule has 1 aromatic rings. The SMILES string of the molecule is Cc1c(N)cccc1C(=O)OC(C)C(C)C. The predicted octanol–water partition coefficient (Wildman–Crippen LogP) is 2.78. The van der Waals surface area contributed by atoms with Crippen LogP contribution in [0.1, 0.15) is 36.7 Å². The maximum absolute atomic E-state index is 11.9. The molecule has 1 rings (SSSR count). The highest BCUT2D eigenvalue weighted by molar-refractivity contribution is 5.92. The van der Waals surface area contributed by atoms with Gasteiger partial charge in [0.25, 0.3) is 0 Å². The highest BCUT2D eigenvalue weighted by atomic mass is 16.5. The van der Waals surface area contributed by atoms with Gasteiger partial charge in [-0.05, 0) is 37.5 Å². The van der Waals surface area contributed by atoms with Crippen LogP contribution < -0.4 is 5.73 Å². The molecule has 0 bridgehead atoms. The molecule has 1 unspecified atom stereocenters. The normalized spacial score (nSPS) is 12.6. The molecule has 2 N–H and O–H groups in total. The van der Waals surface area contributed by atoms with Gasteiger partial charge in [-0.1, -0.05) is 19.9 Å². The van der Waals surface area contributed by atoms with Crippen LogP contribution in [0.3, 0.4) is 0 Å². The van der Waals surface area contributed by atoms with E-state index >= 15 is 0 Å². The molecule has 0 radical (unpaired) electrons. The van der Waals surface area contributed by atoms with Crippen LogP contribution in [0.4, 0.5) is 5.69 Å². The van der Waals surface area contributed by atoms with Crippen LogP contribution in [0.15, 0.2) is 18.2 Å². The first-order valence-corrected chi connectivity index (χ1v) is 5.49. The maximum atomic E-state index is 11.9. The molecule has 0 aliphatic rings. The van der Waals surface area contributed by atoms with Crippen LogP contribution in [0.25, 0.3) is 0 Å². The predicted molar refractivity (Wildman–Crippen MR) is 65.3 cm³/mol. The zero-order valence-corrected chi connectivity index (χ0v) is 10.3. The number of rotatable bonds is 3. The van der Waals surface area contributed by atoms with Crippen LogP contribution in [0.2, 0.25) is 0 Å². The Bertz CT molecular complexity index is 386. The lowest BCUT2D eigenvalue weighted by molar-refractivity contribution is 0.0237. The van der Waals surface area contributed by atoms with Gasteiger partial charge in [-0.25, -0.2) is 4.79 Å². The van der Waals surface area contributed by atoms with Crippen molar-refractivity contribution in [2.75, 3.05) is 5.73 Å². The van der Waals surface area contributed by atoms with Crippen LogP contribution in [0, 0.1) is 12.8 Å². The van der Waals surface area contributed by atoms with E-state index in [0.29, 0.717) is 17.2 Å². The molecule has 0 saturated carbocycles. The summed E-state index contributed by atoms with van der Waals surface area (Å²) in [6, 6.07) is 5.28. The fraction of sp³-hybridized carbons (Fsp3) is 0.462. The van der Waals surface area contributed by atoms with Crippen molar-refractivity contribution in [2.24, 2.45) is 5.92 Å². The smallest absolute Gasteiger partial charge is 0.338 e. The number of ether oxygens (including phenoxy) is 1. The molecule has 0 heterocycles. The second-order valence-electron chi connectivity index (χ2n) is 4.37. The standard InChI is InChI=1S/C13H19NO2/c1-8(2)10(4)16-13(15)11-6-5-7-12(14)9(11)3/h5-8,10H,14H2,1-4H3. The Morgan fingerprint density at radius 2 is 1.94 bits per heavy atom. The molecule has 3 nitrogen and oxygen atoms in total. The van der Waals surface area contributed by atoms with Gasteiger partial charge in [0.1, 0.15) is 6.10 Å². The monoisotopic (exact) mass is 221 g/mol. The summed E-state index contributed by atoms with van der Waals surface area (Å²) in [5.74, 6) is 0.0105. The number of anilines is 1. The minimum Gasteiger partial charge on any atom is -0.459 e. The minimum atomic E-state index is -0.300. The molecule has 0 aliphatic carbocycles. The lowest BCUT2D eigenvalue weighted by Gasteiger charge is -2.17. The van der Waals surface area contributed by atoms with Gasteiger partial charge in [-0.2, -0.15) is 0 Å². The van der Waals surface area contributed by atoms with Crippen LogP contribution in [-0.4, -0.2) is 12.1 Å². The van der Waals surface area contributed by atoms with Gasteiger partial charge in [0, 0.05) is 5.69 Å². The van der Waals surface area contributed by atoms with Gasteiger partial charge in [-0.3, -0.25) is 0 Å². The molecule has 0 saturated heterocycles. The first-order chi connectivity index (χ1) is 7.43. The Balaban J connectivity index is 2.85. The van der Waals surface area contributed by atoms with E-state index < -0.39 is 0 Å². The average Bonchev–Trinajstić information content (AvgIpc) is 2.21. The van der Waals surface area contributed by atoms with Crippen molar-refractivity contribution in [2.45, 2.75) is 33.8 Å². The van der Waals surface area contributed by atoms with Gasteiger partial charge in [0.15, 0.2) is 0 Å². The van der Waals surface area contributed by atoms with Crippen LogP contribution >= 0.6 is 0 Å². The molecule has 0 aliphatic heterocycles. The quantitative estimate of drug-likeness (QED) is 0.630. The van der Waals surface area contributed by atoms with Crippen molar-refractivity contribution in [3.8, 4) is 0 Å². The maximum Gasteiger partial charge on any atom is 0.338 e. The Morgan fingerprint density at radius 3 is 2.50 bits per heavy atom. The largest absolute Gasteiger partial charge is 0.459 e. The molecule has 0 amide bonds. The first kappa shape index (κ1) is 12.6. The third-order valence-corrected chi connectivity index (χ3v) is 2.83. The van der Waals surface area contributed by atoms with Gasteiger partial charge in [0.05, 0.1) is 5.56 Å². The van der Waals surface area contributed by atoms with Gasteiger partial charge in [-0.15, -0.1) is 0 Å².